The predicted molar refractivity (Wildman–Crippen MR) is 91.2 cm³/mol. The van der Waals surface area contributed by atoms with Crippen molar-refractivity contribution in [2.75, 3.05) is 17.1 Å². The molecule has 1 N–H and O–H groups in total. The second kappa shape index (κ2) is 7.06. The maximum Gasteiger partial charge on any atom is 0.241 e. The zero-order valence-corrected chi connectivity index (χ0v) is 15.3. The molecule has 0 radical (unpaired) electrons. The third-order valence-electron chi connectivity index (χ3n) is 3.18. The molecule has 0 spiro atoms. The van der Waals surface area contributed by atoms with E-state index in [1.54, 1.807) is 0 Å². The molecule has 1 aromatic rings. The topological polar surface area (TPSA) is 66.5 Å². The van der Waals surface area contributed by atoms with E-state index in [2.05, 4.69) is 5.32 Å². The van der Waals surface area contributed by atoms with Gasteiger partial charge in [0.1, 0.15) is 6.54 Å². The van der Waals surface area contributed by atoms with Crippen molar-refractivity contribution in [2.45, 2.75) is 32.7 Å². The number of carbonyl (C=O) groups excluding carboxylic acids is 1. The highest BCUT2D eigenvalue weighted by Gasteiger charge is 2.24. The van der Waals surface area contributed by atoms with E-state index < -0.39 is 21.5 Å². The third-order valence-corrected chi connectivity index (χ3v) is 4.76. The Kier molecular flexibility index (Phi) is 6.12. The number of rotatable bonds is 6. The smallest absolute Gasteiger partial charge is 0.241 e. The first kappa shape index (κ1) is 19.1. The Labute approximate surface area is 141 Å². The van der Waals surface area contributed by atoms with Crippen LogP contribution in [-0.2, 0) is 14.8 Å². The first-order valence-electron chi connectivity index (χ1n) is 6.69. The molecule has 1 rings (SSSR count). The van der Waals surface area contributed by atoms with Gasteiger partial charge in [-0.25, -0.2) is 8.42 Å². The van der Waals surface area contributed by atoms with Crippen LogP contribution in [0, 0.1) is 0 Å². The summed E-state index contributed by atoms with van der Waals surface area (Å²) in [6, 6.07) is 4.40. The van der Waals surface area contributed by atoms with E-state index >= 15 is 0 Å². The second-order valence-corrected chi connectivity index (χ2v) is 8.46. The summed E-state index contributed by atoms with van der Waals surface area (Å²) in [5, 5.41) is 3.39. The maximum atomic E-state index is 12.1. The van der Waals surface area contributed by atoms with Crippen LogP contribution in [0.2, 0.25) is 10.0 Å². The average molecular weight is 367 g/mol. The number of amides is 1. The van der Waals surface area contributed by atoms with Crippen molar-refractivity contribution >= 4 is 44.8 Å². The van der Waals surface area contributed by atoms with Crippen molar-refractivity contribution in [3.8, 4) is 0 Å². The molecule has 8 heteroatoms. The molecule has 0 fully saturated rings. The fourth-order valence-corrected chi connectivity index (χ4v) is 3.07. The fourth-order valence-electron chi connectivity index (χ4n) is 1.72. The molecule has 124 valence electrons. The second-order valence-electron chi connectivity index (χ2n) is 5.68. The molecule has 0 saturated heterocycles. The van der Waals surface area contributed by atoms with Gasteiger partial charge in [-0.15, -0.1) is 0 Å². The standard InChI is InChI=1S/C14H20Cl2N2O3S/c1-5-14(2,3)17-13(19)9-18(22(4,20)21)12-7-10(15)6-11(16)8-12/h6-8H,5,9H2,1-4H3,(H,17,19). The van der Waals surface area contributed by atoms with E-state index in [1.807, 2.05) is 20.8 Å². The van der Waals surface area contributed by atoms with Crippen molar-refractivity contribution in [2.24, 2.45) is 0 Å². The Morgan fingerprint density at radius 3 is 2.14 bits per heavy atom. The number of nitrogens with zero attached hydrogens (tertiary/aromatic N) is 1. The molecule has 0 heterocycles. The summed E-state index contributed by atoms with van der Waals surface area (Å²) in [6.07, 6.45) is 1.75. The largest absolute Gasteiger partial charge is 0.350 e. The van der Waals surface area contributed by atoms with E-state index in [0.717, 1.165) is 17.0 Å². The van der Waals surface area contributed by atoms with Gasteiger partial charge in [-0.3, -0.25) is 9.10 Å². The molecule has 0 aliphatic carbocycles. The highest BCUT2D eigenvalue weighted by atomic mass is 35.5. The summed E-state index contributed by atoms with van der Waals surface area (Å²) in [7, 11) is -3.65. The Morgan fingerprint density at radius 1 is 1.23 bits per heavy atom. The number of hydrogen-bond donors (Lipinski definition) is 1. The minimum atomic E-state index is -3.65. The van der Waals surface area contributed by atoms with Crippen LogP contribution in [0.1, 0.15) is 27.2 Å². The number of hydrogen-bond acceptors (Lipinski definition) is 3. The van der Waals surface area contributed by atoms with Crippen LogP contribution in [0.4, 0.5) is 5.69 Å². The summed E-state index contributed by atoms with van der Waals surface area (Å²) in [5.41, 5.74) is -0.156. The van der Waals surface area contributed by atoms with Crippen molar-refractivity contribution in [1.82, 2.24) is 5.32 Å². The molecule has 0 atom stereocenters. The van der Waals surface area contributed by atoms with Gasteiger partial charge >= 0.3 is 0 Å². The van der Waals surface area contributed by atoms with E-state index in [4.69, 9.17) is 23.2 Å². The number of benzene rings is 1. The molecule has 0 aliphatic heterocycles. The van der Waals surface area contributed by atoms with Crippen LogP contribution < -0.4 is 9.62 Å². The lowest BCUT2D eigenvalue weighted by Gasteiger charge is -2.27. The van der Waals surface area contributed by atoms with Crippen molar-refractivity contribution in [1.29, 1.82) is 0 Å². The number of nitrogens with one attached hydrogen (secondary N) is 1. The predicted octanol–water partition coefficient (Wildman–Crippen LogP) is 3.06. The zero-order valence-electron chi connectivity index (χ0n) is 13.0. The normalized spacial score (nSPS) is 12.1. The molecule has 5 nitrogen and oxygen atoms in total. The van der Waals surface area contributed by atoms with E-state index in [0.29, 0.717) is 10.0 Å². The third kappa shape index (κ3) is 5.66. The van der Waals surface area contributed by atoms with Gasteiger partial charge in [0.25, 0.3) is 0 Å². The van der Waals surface area contributed by atoms with Crippen LogP contribution >= 0.6 is 23.2 Å². The lowest BCUT2D eigenvalue weighted by molar-refractivity contribution is -0.121. The van der Waals surface area contributed by atoms with Crippen molar-refractivity contribution < 1.29 is 13.2 Å². The molecule has 0 saturated carbocycles. The number of halogens is 2. The minimum absolute atomic E-state index is 0.254. The van der Waals surface area contributed by atoms with Gasteiger partial charge in [-0.2, -0.15) is 0 Å². The lowest BCUT2D eigenvalue weighted by Crippen LogP contribution is -2.48. The molecule has 1 amide bonds. The molecule has 1 aromatic carbocycles. The number of anilines is 1. The van der Waals surface area contributed by atoms with Gasteiger partial charge < -0.3 is 5.32 Å². The molecule has 0 bridgehead atoms. The van der Waals surface area contributed by atoms with Crippen LogP contribution in [0.25, 0.3) is 0 Å². The quantitative estimate of drug-likeness (QED) is 0.840. The van der Waals surface area contributed by atoms with E-state index in [9.17, 15) is 13.2 Å². The Balaban J connectivity index is 3.08. The summed E-state index contributed by atoms with van der Waals surface area (Å²) in [5.74, 6) is -0.395. The number of sulfonamides is 1. The monoisotopic (exact) mass is 366 g/mol. The molecule has 0 aliphatic rings. The molecule has 0 aromatic heterocycles. The van der Waals surface area contributed by atoms with Gasteiger partial charge in [0.05, 0.1) is 11.9 Å². The van der Waals surface area contributed by atoms with Crippen LogP contribution in [-0.4, -0.2) is 32.7 Å². The lowest BCUT2D eigenvalue weighted by atomic mass is 10.0. The summed E-state index contributed by atoms with van der Waals surface area (Å²) in [6.45, 7) is 5.34. The highest BCUT2D eigenvalue weighted by molar-refractivity contribution is 7.92. The van der Waals surface area contributed by atoms with Gasteiger partial charge in [0, 0.05) is 15.6 Å². The first-order valence-corrected chi connectivity index (χ1v) is 9.30. The van der Waals surface area contributed by atoms with Crippen molar-refractivity contribution in [3.63, 3.8) is 0 Å². The summed E-state index contributed by atoms with van der Waals surface area (Å²) >= 11 is 11.8. The Hall–Kier alpha value is -0.980. The average Bonchev–Trinajstić information content (AvgIpc) is 2.32. The summed E-state index contributed by atoms with van der Waals surface area (Å²) in [4.78, 5) is 12.1. The Bertz CT molecular complexity index is 640. The highest BCUT2D eigenvalue weighted by Crippen LogP contribution is 2.26. The molecular formula is C14H20Cl2N2O3S. The van der Waals surface area contributed by atoms with Crippen LogP contribution in [0.15, 0.2) is 18.2 Å². The SMILES string of the molecule is CCC(C)(C)NC(=O)CN(c1cc(Cl)cc(Cl)c1)S(C)(=O)=O. The van der Waals surface area contributed by atoms with Gasteiger partial charge in [-0.05, 0) is 38.5 Å². The van der Waals surface area contributed by atoms with Gasteiger partial charge in [0.2, 0.25) is 15.9 Å². The van der Waals surface area contributed by atoms with Gasteiger partial charge in [-0.1, -0.05) is 30.1 Å². The number of carbonyl (C=O) groups is 1. The van der Waals surface area contributed by atoms with Crippen LogP contribution in [0.3, 0.4) is 0 Å². The van der Waals surface area contributed by atoms with E-state index in [-0.39, 0.29) is 12.2 Å². The van der Waals surface area contributed by atoms with E-state index in [1.165, 1.54) is 18.2 Å². The molecule has 22 heavy (non-hydrogen) atoms. The van der Waals surface area contributed by atoms with Crippen LogP contribution in [0.5, 0.6) is 0 Å². The van der Waals surface area contributed by atoms with Gasteiger partial charge in [0.15, 0.2) is 0 Å². The molecular weight excluding hydrogens is 347 g/mol. The zero-order chi connectivity index (χ0) is 17.1. The fraction of sp³-hybridized carbons (Fsp3) is 0.500. The first-order chi connectivity index (χ1) is 9.94. The minimum Gasteiger partial charge on any atom is -0.350 e. The molecule has 0 unspecified atom stereocenters. The van der Waals surface area contributed by atoms with Crippen molar-refractivity contribution in [3.05, 3.63) is 28.2 Å². The Morgan fingerprint density at radius 2 is 1.73 bits per heavy atom. The summed E-state index contributed by atoms with van der Waals surface area (Å²) < 4.78 is 24.9. The maximum absolute atomic E-state index is 12.1.